The highest BCUT2D eigenvalue weighted by atomic mass is 79.9. The van der Waals surface area contributed by atoms with Crippen LogP contribution in [0.3, 0.4) is 0 Å². The molecule has 0 saturated carbocycles. The summed E-state index contributed by atoms with van der Waals surface area (Å²) in [6.07, 6.45) is 0. The van der Waals surface area contributed by atoms with Gasteiger partial charge in [0.05, 0.1) is 21.4 Å². The molecule has 6 nitrogen and oxygen atoms in total. The third-order valence-electron chi connectivity index (χ3n) is 3.59. The Morgan fingerprint density at radius 2 is 1.96 bits per heavy atom. The number of carbonyl (C=O) groups excluding carboxylic acids is 1. The Morgan fingerprint density at radius 1 is 1.29 bits per heavy atom. The van der Waals surface area contributed by atoms with Crippen molar-refractivity contribution in [2.75, 3.05) is 5.73 Å². The van der Waals surface area contributed by atoms with E-state index in [1.54, 1.807) is 6.92 Å². The average molecular weight is 393 g/mol. The highest BCUT2D eigenvalue weighted by Crippen LogP contribution is 2.32. The number of nitrogen functional groups attached to an aromatic ring is 1. The van der Waals surface area contributed by atoms with Gasteiger partial charge < -0.3 is 16.2 Å². The number of aromatic nitrogens is 2. The highest BCUT2D eigenvalue weighted by Gasteiger charge is 2.18. The second-order valence-electron chi connectivity index (χ2n) is 6.54. The van der Waals surface area contributed by atoms with Crippen LogP contribution in [0, 0.1) is 6.92 Å². The lowest BCUT2D eigenvalue weighted by Gasteiger charge is -2.20. The van der Waals surface area contributed by atoms with Crippen LogP contribution in [-0.4, -0.2) is 15.9 Å². The van der Waals surface area contributed by atoms with Crippen molar-refractivity contribution in [1.82, 2.24) is 9.97 Å². The van der Waals surface area contributed by atoms with Gasteiger partial charge in [0.25, 0.3) is 5.91 Å². The monoisotopic (exact) mass is 392 g/mol. The van der Waals surface area contributed by atoms with Crippen LogP contribution in [0.5, 0.6) is 5.75 Å². The molecule has 0 aliphatic heterocycles. The zero-order valence-corrected chi connectivity index (χ0v) is 15.8. The highest BCUT2D eigenvalue weighted by molar-refractivity contribution is 9.10. The lowest BCUT2D eigenvalue weighted by molar-refractivity contribution is 0.0996. The third-order valence-corrected chi connectivity index (χ3v) is 4.21. The van der Waals surface area contributed by atoms with Gasteiger partial charge in [-0.1, -0.05) is 26.8 Å². The number of aryl methyl sites for hydroxylation is 1. The van der Waals surface area contributed by atoms with E-state index in [2.05, 4.69) is 46.7 Å². The number of carbonyl (C=O) groups is 1. The largest absolute Gasteiger partial charge is 0.486 e. The Balaban J connectivity index is 2.28. The summed E-state index contributed by atoms with van der Waals surface area (Å²) in [5.41, 5.74) is 13.3. The van der Waals surface area contributed by atoms with Gasteiger partial charge in [-0.25, -0.2) is 9.97 Å². The van der Waals surface area contributed by atoms with Gasteiger partial charge in [0.1, 0.15) is 12.4 Å². The van der Waals surface area contributed by atoms with Crippen LogP contribution in [0.1, 0.15) is 48.1 Å². The van der Waals surface area contributed by atoms with E-state index in [0.717, 1.165) is 4.47 Å². The predicted octanol–water partition coefficient (Wildman–Crippen LogP) is 3.11. The van der Waals surface area contributed by atoms with Crippen molar-refractivity contribution in [1.29, 1.82) is 0 Å². The van der Waals surface area contributed by atoms with Crippen molar-refractivity contribution in [3.8, 4) is 5.75 Å². The fourth-order valence-electron chi connectivity index (χ4n) is 2.31. The number of hydrogen-bond donors (Lipinski definition) is 2. The molecule has 0 saturated heterocycles. The van der Waals surface area contributed by atoms with Crippen LogP contribution in [-0.2, 0) is 12.0 Å². The number of primary amides is 1. The summed E-state index contributed by atoms with van der Waals surface area (Å²) in [6.45, 7) is 8.15. The van der Waals surface area contributed by atoms with Gasteiger partial charge in [-0.05, 0) is 46.0 Å². The molecular weight excluding hydrogens is 372 g/mol. The Kier molecular flexibility index (Phi) is 5.13. The zero-order chi connectivity index (χ0) is 18.1. The van der Waals surface area contributed by atoms with Crippen molar-refractivity contribution < 1.29 is 9.53 Å². The molecule has 2 rings (SSSR count). The molecule has 1 amide bonds. The first-order valence-corrected chi connectivity index (χ1v) is 8.24. The number of hydrogen-bond acceptors (Lipinski definition) is 5. The first-order chi connectivity index (χ1) is 11.1. The second kappa shape index (κ2) is 6.76. The average Bonchev–Trinajstić information content (AvgIpc) is 2.43. The molecular formula is C17H21BrN4O2. The standard InChI is InChI=1S/C17H21BrN4O2/c1-9-14(15(19)23)12(22-16(20)21-9)8-24-13-6-5-10(7-11(13)18)17(2,3)4/h5-7H,8H2,1-4H3,(H2,19,23)(H2,20,21,22). The van der Waals surface area contributed by atoms with Gasteiger partial charge >= 0.3 is 0 Å². The first-order valence-electron chi connectivity index (χ1n) is 7.45. The van der Waals surface area contributed by atoms with Crippen molar-refractivity contribution in [2.45, 2.75) is 39.7 Å². The van der Waals surface area contributed by atoms with E-state index in [0.29, 0.717) is 17.1 Å². The number of ether oxygens (including phenoxy) is 1. The summed E-state index contributed by atoms with van der Waals surface area (Å²) in [5.74, 6) is 0.125. The summed E-state index contributed by atoms with van der Waals surface area (Å²) < 4.78 is 6.62. The maximum atomic E-state index is 11.6. The van der Waals surface area contributed by atoms with Crippen LogP contribution in [0.4, 0.5) is 5.95 Å². The number of nitrogens with zero attached hydrogens (tertiary/aromatic N) is 2. The molecule has 0 atom stereocenters. The van der Waals surface area contributed by atoms with Gasteiger partial charge in [0, 0.05) is 0 Å². The Bertz CT molecular complexity index is 785. The number of benzene rings is 1. The lowest BCUT2D eigenvalue weighted by Crippen LogP contribution is -2.20. The van der Waals surface area contributed by atoms with E-state index in [4.69, 9.17) is 16.2 Å². The minimum atomic E-state index is -0.603. The number of amides is 1. The third kappa shape index (κ3) is 4.03. The van der Waals surface area contributed by atoms with E-state index in [1.807, 2.05) is 18.2 Å². The molecule has 0 unspecified atom stereocenters. The van der Waals surface area contributed by atoms with Crippen LogP contribution in [0.25, 0.3) is 0 Å². The van der Waals surface area contributed by atoms with Crippen molar-refractivity contribution in [2.24, 2.45) is 5.73 Å². The molecule has 0 aliphatic rings. The number of halogens is 1. The van der Waals surface area contributed by atoms with Gasteiger partial charge in [-0.2, -0.15) is 0 Å². The van der Waals surface area contributed by atoms with Gasteiger partial charge in [0.15, 0.2) is 0 Å². The minimum absolute atomic E-state index is 0.0401. The predicted molar refractivity (Wildman–Crippen MR) is 96.9 cm³/mol. The van der Waals surface area contributed by atoms with Gasteiger partial charge in [-0.3, -0.25) is 4.79 Å². The molecule has 2 aromatic rings. The molecule has 0 aliphatic carbocycles. The van der Waals surface area contributed by atoms with E-state index in [9.17, 15) is 4.79 Å². The number of nitrogens with two attached hydrogens (primary N) is 2. The summed E-state index contributed by atoms with van der Waals surface area (Å²) in [7, 11) is 0. The molecule has 0 fully saturated rings. The van der Waals surface area contributed by atoms with E-state index in [-0.39, 0.29) is 23.5 Å². The van der Waals surface area contributed by atoms with Crippen molar-refractivity contribution in [3.63, 3.8) is 0 Å². The van der Waals surface area contributed by atoms with Crippen molar-refractivity contribution >= 4 is 27.8 Å². The van der Waals surface area contributed by atoms with Crippen LogP contribution in [0.2, 0.25) is 0 Å². The lowest BCUT2D eigenvalue weighted by atomic mass is 9.87. The zero-order valence-electron chi connectivity index (χ0n) is 14.2. The van der Waals surface area contributed by atoms with E-state index in [1.165, 1.54) is 5.56 Å². The normalized spacial score (nSPS) is 11.4. The molecule has 0 spiro atoms. The molecule has 1 aromatic carbocycles. The molecule has 0 bridgehead atoms. The SMILES string of the molecule is Cc1nc(N)nc(COc2ccc(C(C)(C)C)cc2Br)c1C(N)=O. The molecule has 1 aromatic heterocycles. The number of rotatable bonds is 4. The van der Waals surface area contributed by atoms with Gasteiger partial charge in [0.2, 0.25) is 5.95 Å². The Morgan fingerprint density at radius 3 is 2.50 bits per heavy atom. The number of anilines is 1. The summed E-state index contributed by atoms with van der Waals surface area (Å²) >= 11 is 3.52. The maximum Gasteiger partial charge on any atom is 0.252 e. The molecule has 24 heavy (non-hydrogen) atoms. The maximum absolute atomic E-state index is 11.6. The van der Waals surface area contributed by atoms with E-state index < -0.39 is 5.91 Å². The van der Waals surface area contributed by atoms with Crippen LogP contribution in [0.15, 0.2) is 22.7 Å². The smallest absolute Gasteiger partial charge is 0.252 e. The van der Waals surface area contributed by atoms with Gasteiger partial charge in [-0.15, -0.1) is 0 Å². The summed E-state index contributed by atoms with van der Waals surface area (Å²) in [4.78, 5) is 19.7. The topological polar surface area (TPSA) is 104 Å². The Hall–Kier alpha value is -2.15. The van der Waals surface area contributed by atoms with Crippen LogP contribution >= 0.6 is 15.9 Å². The molecule has 7 heteroatoms. The quantitative estimate of drug-likeness (QED) is 0.831. The second-order valence-corrected chi connectivity index (χ2v) is 7.39. The van der Waals surface area contributed by atoms with Crippen LogP contribution < -0.4 is 16.2 Å². The summed E-state index contributed by atoms with van der Waals surface area (Å²) in [5, 5.41) is 0. The molecule has 1 heterocycles. The molecule has 4 N–H and O–H groups in total. The fraction of sp³-hybridized carbons (Fsp3) is 0.353. The molecule has 0 radical (unpaired) electrons. The fourth-order valence-corrected chi connectivity index (χ4v) is 2.80. The van der Waals surface area contributed by atoms with Crippen molar-refractivity contribution in [3.05, 3.63) is 45.2 Å². The first kappa shape index (κ1) is 18.2. The molecule has 128 valence electrons. The minimum Gasteiger partial charge on any atom is -0.486 e. The Labute approximate surface area is 149 Å². The van der Waals surface area contributed by atoms with E-state index >= 15 is 0 Å². The summed E-state index contributed by atoms with van der Waals surface area (Å²) in [6, 6.07) is 5.91.